The van der Waals surface area contributed by atoms with Gasteiger partial charge in [-0.15, -0.1) is 0 Å². The van der Waals surface area contributed by atoms with E-state index < -0.39 is 11.7 Å². The molecule has 0 saturated carbocycles. The molecule has 1 aromatic carbocycles. The Bertz CT molecular complexity index is 537. The summed E-state index contributed by atoms with van der Waals surface area (Å²) in [6.07, 6.45) is 0.413. The van der Waals surface area contributed by atoms with Gasteiger partial charge in [0.1, 0.15) is 5.60 Å². The molecule has 0 radical (unpaired) electrons. The van der Waals surface area contributed by atoms with Gasteiger partial charge in [-0.05, 0) is 51.0 Å². The second-order valence-electron chi connectivity index (χ2n) is 6.77. The van der Waals surface area contributed by atoms with Crippen LogP contribution in [-0.4, -0.2) is 49.3 Å². The average molecular weight is 340 g/mol. The van der Waals surface area contributed by atoms with E-state index in [1.165, 1.54) is 0 Å². The van der Waals surface area contributed by atoms with E-state index in [1.807, 2.05) is 32.9 Å². The zero-order valence-corrected chi connectivity index (χ0v) is 14.9. The number of piperazine rings is 1. The fraction of sp³-hybridized carbons (Fsp3) is 0.588. The van der Waals surface area contributed by atoms with Crippen molar-refractivity contribution in [2.24, 2.45) is 0 Å². The topological polar surface area (TPSA) is 53.6 Å². The first kappa shape index (κ1) is 18.0. The predicted octanol–water partition coefficient (Wildman–Crippen LogP) is 3.13. The zero-order valence-electron chi connectivity index (χ0n) is 14.1. The van der Waals surface area contributed by atoms with E-state index in [-0.39, 0.29) is 0 Å². The fourth-order valence-electron chi connectivity index (χ4n) is 2.48. The van der Waals surface area contributed by atoms with E-state index >= 15 is 0 Å². The van der Waals surface area contributed by atoms with Crippen molar-refractivity contribution in [1.82, 2.24) is 10.2 Å². The minimum absolute atomic E-state index is 0.451. The molecule has 0 aliphatic carbocycles. The number of ether oxygens (including phenoxy) is 1. The molecule has 5 nitrogen and oxygen atoms in total. The van der Waals surface area contributed by atoms with E-state index in [4.69, 9.17) is 16.3 Å². The Hall–Kier alpha value is -1.30. The van der Waals surface area contributed by atoms with Crippen molar-refractivity contribution in [2.75, 3.05) is 38.0 Å². The van der Waals surface area contributed by atoms with Crippen molar-refractivity contribution >= 4 is 23.4 Å². The largest absolute Gasteiger partial charge is 0.444 e. The third-order valence-corrected chi connectivity index (χ3v) is 3.97. The number of nitrogens with one attached hydrogen (secondary N) is 2. The van der Waals surface area contributed by atoms with Crippen molar-refractivity contribution in [3.63, 3.8) is 0 Å². The molecule has 1 aliphatic rings. The molecular formula is C17H26ClN3O2. The maximum Gasteiger partial charge on any atom is 0.412 e. The van der Waals surface area contributed by atoms with Crippen molar-refractivity contribution < 1.29 is 9.53 Å². The number of benzene rings is 1. The first-order chi connectivity index (χ1) is 10.8. The number of halogens is 1. The van der Waals surface area contributed by atoms with Crippen molar-refractivity contribution in [1.29, 1.82) is 0 Å². The number of amides is 1. The molecule has 0 atom stereocenters. The molecule has 1 heterocycles. The standard InChI is InChI=1S/C17H26ClN3O2/c1-17(2,3)23-16(22)20-14-4-5-15(18)13(12-14)6-9-21-10-7-19-8-11-21/h4-5,12,19H,6-11H2,1-3H3,(H,20,22). The summed E-state index contributed by atoms with van der Waals surface area (Å²) in [6.45, 7) is 10.7. The highest BCUT2D eigenvalue weighted by atomic mass is 35.5. The first-order valence-corrected chi connectivity index (χ1v) is 8.43. The van der Waals surface area contributed by atoms with Crippen LogP contribution in [0.25, 0.3) is 0 Å². The fourth-order valence-corrected chi connectivity index (χ4v) is 2.69. The Balaban J connectivity index is 1.93. The summed E-state index contributed by atoms with van der Waals surface area (Å²) in [7, 11) is 0. The van der Waals surface area contributed by atoms with Crippen LogP contribution in [0.4, 0.5) is 10.5 Å². The summed E-state index contributed by atoms with van der Waals surface area (Å²) in [5, 5.41) is 6.84. The van der Waals surface area contributed by atoms with Gasteiger partial charge >= 0.3 is 6.09 Å². The van der Waals surface area contributed by atoms with Crippen molar-refractivity contribution in [3.8, 4) is 0 Å². The maximum absolute atomic E-state index is 11.8. The number of hydrogen-bond acceptors (Lipinski definition) is 4. The van der Waals surface area contributed by atoms with Crippen LogP contribution in [-0.2, 0) is 11.2 Å². The van der Waals surface area contributed by atoms with Gasteiger partial charge in [0.05, 0.1) is 0 Å². The summed E-state index contributed by atoms with van der Waals surface area (Å²) in [6, 6.07) is 5.54. The van der Waals surface area contributed by atoms with Crippen LogP contribution in [0.3, 0.4) is 0 Å². The molecule has 23 heavy (non-hydrogen) atoms. The highest BCUT2D eigenvalue weighted by Gasteiger charge is 2.16. The smallest absolute Gasteiger partial charge is 0.412 e. The molecule has 1 amide bonds. The van der Waals surface area contributed by atoms with Crippen LogP contribution in [0, 0.1) is 0 Å². The van der Waals surface area contributed by atoms with Gasteiger partial charge in [0.25, 0.3) is 0 Å². The number of carbonyl (C=O) groups excluding carboxylic acids is 1. The van der Waals surface area contributed by atoms with Crippen LogP contribution in [0.15, 0.2) is 18.2 Å². The Morgan fingerprint density at radius 2 is 2.04 bits per heavy atom. The van der Waals surface area contributed by atoms with Crippen molar-refractivity contribution in [2.45, 2.75) is 32.8 Å². The molecule has 1 aromatic rings. The Morgan fingerprint density at radius 3 is 2.70 bits per heavy atom. The lowest BCUT2D eigenvalue weighted by Crippen LogP contribution is -2.44. The van der Waals surface area contributed by atoms with E-state index in [2.05, 4.69) is 15.5 Å². The Morgan fingerprint density at radius 1 is 1.35 bits per heavy atom. The van der Waals surface area contributed by atoms with Crippen LogP contribution in [0.5, 0.6) is 0 Å². The minimum Gasteiger partial charge on any atom is -0.444 e. The van der Waals surface area contributed by atoms with Crippen LogP contribution in [0.1, 0.15) is 26.3 Å². The second-order valence-corrected chi connectivity index (χ2v) is 7.18. The Labute approximate surface area is 143 Å². The molecule has 2 N–H and O–H groups in total. The van der Waals surface area contributed by atoms with Gasteiger partial charge in [-0.2, -0.15) is 0 Å². The van der Waals surface area contributed by atoms with Gasteiger partial charge in [-0.3, -0.25) is 5.32 Å². The summed E-state index contributed by atoms with van der Waals surface area (Å²) in [4.78, 5) is 14.3. The molecule has 1 fully saturated rings. The van der Waals surface area contributed by atoms with Crippen LogP contribution >= 0.6 is 11.6 Å². The lowest BCUT2D eigenvalue weighted by Gasteiger charge is -2.27. The van der Waals surface area contributed by atoms with Crippen LogP contribution in [0.2, 0.25) is 5.02 Å². The van der Waals surface area contributed by atoms with E-state index in [9.17, 15) is 4.79 Å². The van der Waals surface area contributed by atoms with Crippen molar-refractivity contribution in [3.05, 3.63) is 28.8 Å². The zero-order chi connectivity index (χ0) is 16.9. The monoisotopic (exact) mass is 339 g/mol. The van der Waals surface area contributed by atoms with Gasteiger partial charge < -0.3 is 15.0 Å². The van der Waals surface area contributed by atoms with E-state index in [0.717, 1.165) is 49.7 Å². The first-order valence-electron chi connectivity index (χ1n) is 8.05. The summed E-state index contributed by atoms with van der Waals surface area (Å²) < 4.78 is 5.27. The average Bonchev–Trinajstić information content (AvgIpc) is 2.47. The molecular weight excluding hydrogens is 314 g/mol. The molecule has 2 rings (SSSR count). The third-order valence-electron chi connectivity index (χ3n) is 3.60. The van der Waals surface area contributed by atoms with E-state index in [0.29, 0.717) is 5.69 Å². The highest BCUT2D eigenvalue weighted by Crippen LogP contribution is 2.22. The molecule has 128 valence electrons. The van der Waals surface area contributed by atoms with Crippen LogP contribution < -0.4 is 10.6 Å². The second kappa shape index (κ2) is 7.99. The normalized spacial score (nSPS) is 16.2. The van der Waals surface area contributed by atoms with Gasteiger partial charge in [-0.1, -0.05) is 11.6 Å². The molecule has 6 heteroatoms. The molecule has 0 aromatic heterocycles. The number of carbonyl (C=O) groups is 1. The SMILES string of the molecule is CC(C)(C)OC(=O)Nc1ccc(Cl)c(CCN2CCNCC2)c1. The molecule has 1 saturated heterocycles. The third kappa shape index (κ3) is 6.37. The van der Waals surface area contributed by atoms with Gasteiger partial charge in [-0.25, -0.2) is 4.79 Å². The number of anilines is 1. The van der Waals surface area contributed by atoms with Gasteiger partial charge in [0.15, 0.2) is 0 Å². The maximum atomic E-state index is 11.8. The summed E-state index contributed by atoms with van der Waals surface area (Å²) in [5.74, 6) is 0. The Kier molecular flexibility index (Phi) is 6.27. The summed E-state index contributed by atoms with van der Waals surface area (Å²) in [5.41, 5.74) is 1.24. The lowest BCUT2D eigenvalue weighted by molar-refractivity contribution is 0.0636. The predicted molar refractivity (Wildman–Crippen MR) is 94.3 cm³/mol. The van der Waals surface area contributed by atoms with Gasteiger partial charge in [0.2, 0.25) is 0 Å². The summed E-state index contributed by atoms with van der Waals surface area (Å²) >= 11 is 6.28. The minimum atomic E-state index is -0.512. The molecule has 0 unspecified atom stereocenters. The highest BCUT2D eigenvalue weighted by molar-refractivity contribution is 6.31. The van der Waals surface area contributed by atoms with E-state index in [1.54, 1.807) is 6.07 Å². The number of rotatable bonds is 4. The lowest BCUT2D eigenvalue weighted by atomic mass is 10.1. The number of nitrogens with zero attached hydrogens (tertiary/aromatic N) is 1. The van der Waals surface area contributed by atoms with Gasteiger partial charge in [0, 0.05) is 43.4 Å². The molecule has 0 spiro atoms. The molecule has 1 aliphatic heterocycles. The number of hydrogen-bond donors (Lipinski definition) is 2. The quantitative estimate of drug-likeness (QED) is 0.885. The molecule has 0 bridgehead atoms.